The van der Waals surface area contributed by atoms with E-state index in [1.807, 2.05) is 42.7 Å². The third kappa shape index (κ3) is 2.96. The van der Waals surface area contributed by atoms with Crippen LogP contribution in [0.2, 0.25) is 0 Å². The van der Waals surface area contributed by atoms with E-state index in [-0.39, 0.29) is 6.04 Å². The summed E-state index contributed by atoms with van der Waals surface area (Å²) in [5.74, 6) is 0. The van der Waals surface area contributed by atoms with E-state index in [9.17, 15) is 0 Å². The molecule has 0 aliphatic rings. The van der Waals surface area contributed by atoms with E-state index in [4.69, 9.17) is 0 Å². The summed E-state index contributed by atoms with van der Waals surface area (Å²) in [5.41, 5.74) is 6.61. The lowest BCUT2D eigenvalue weighted by molar-refractivity contribution is 0.563. The molecule has 1 atom stereocenters. The Kier molecular flexibility index (Phi) is 4.14. The van der Waals surface area contributed by atoms with Crippen LogP contribution in [0.1, 0.15) is 24.2 Å². The molecule has 2 heterocycles. The van der Waals surface area contributed by atoms with Crippen LogP contribution in [0, 0.1) is 0 Å². The van der Waals surface area contributed by atoms with Crippen LogP contribution in [0.5, 0.6) is 0 Å². The van der Waals surface area contributed by atoms with Crippen molar-refractivity contribution in [3.05, 3.63) is 90.4 Å². The van der Waals surface area contributed by atoms with Gasteiger partial charge < -0.3 is 5.32 Å². The van der Waals surface area contributed by atoms with Gasteiger partial charge in [-0.15, -0.1) is 0 Å². The second kappa shape index (κ2) is 6.94. The maximum Gasteiger partial charge on any atom is 0.100 e. The fourth-order valence-electron chi connectivity index (χ4n) is 3.62. The highest BCUT2D eigenvalue weighted by atomic mass is 15.1. The van der Waals surface area contributed by atoms with Crippen LogP contribution in [0.25, 0.3) is 27.6 Å². The average molecular weight is 367 g/mol. The Morgan fingerprint density at radius 2 is 1.68 bits per heavy atom. The molecule has 3 aromatic carbocycles. The second-order valence-electron chi connectivity index (χ2n) is 7.03. The zero-order valence-electron chi connectivity index (χ0n) is 15.6. The fraction of sp³-hybridized carbons (Fsp3) is 0.130. The van der Waals surface area contributed by atoms with E-state index < -0.39 is 0 Å². The van der Waals surface area contributed by atoms with Crippen molar-refractivity contribution < 1.29 is 0 Å². The van der Waals surface area contributed by atoms with Crippen molar-refractivity contribution in [3.8, 4) is 5.69 Å². The Morgan fingerprint density at radius 1 is 0.929 bits per heavy atom. The van der Waals surface area contributed by atoms with Crippen molar-refractivity contribution in [2.45, 2.75) is 19.5 Å². The quantitative estimate of drug-likeness (QED) is 0.471. The zero-order chi connectivity index (χ0) is 18.9. The number of imidazole rings is 1. The standard InChI is InChI=1S/C23H21N5/c1-16(23-19-6-2-3-7-20(19)26-27-23)24-14-17-10-12-18(13-11-17)28-15-25-21-8-4-5-9-22(21)28/h2-13,15-16,24H,14H2,1H3,(H,26,27). The lowest BCUT2D eigenvalue weighted by atomic mass is 10.1. The number of H-pyrrole nitrogens is 1. The lowest BCUT2D eigenvalue weighted by Crippen LogP contribution is -2.18. The highest BCUT2D eigenvalue weighted by Crippen LogP contribution is 2.22. The van der Waals surface area contributed by atoms with E-state index >= 15 is 0 Å². The number of aromatic nitrogens is 4. The summed E-state index contributed by atoms with van der Waals surface area (Å²) in [7, 11) is 0. The van der Waals surface area contributed by atoms with Gasteiger partial charge in [-0.3, -0.25) is 9.67 Å². The number of nitrogens with one attached hydrogen (secondary N) is 2. The summed E-state index contributed by atoms with van der Waals surface area (Å²) in [6, 6.07) is 25.2. The van der Waals surface area contributed by atoms with Crippen molar-refractivity contribution in [2.24, 2.45) is 0 Å². The van der Waals surface area contributed by atoms with Crippen LogP contribution >= 0.6 is 0 Å². The number of benzene rings is 3. The maximum atomic E-state index is 4.47. The van der Waals surface area contributed by atoms with E-state index in [1.54, 1.807) is 0 Å². The molecule has 138 valence electrons. The van der Waals surface area contributed by atoms with E-state index in [0.29, 0.717) is 0 Å². The van der Waals surface area contributed by atoms with Gasteiger partial charge in [-0.2, -0.15) is 5.10 Å². The first-order valence-electron chi connectivity index (χ1n) is 9.47. The largest absolute Gasteiger partial charge is 0.305 e. The number of hydrogen-bond acceptors (Lipinski definition) is 3. The summed E-state index contributed by atoms with van der Waals surface area (Å²) in [5, 5.41) is 12.3. The first-order chi connectivity index (χ1) is 13.8. The number of nitrogens with zero attached hydrogens (tertiary/aromatic N) is 3. The van der Waals surface area contributed by atoms with Gasteiger partial charge in [0.15, 0.2) is 0 Å². The molecular weight excluding hydrogens is 346 g/mol. The van der Waals surface area contributed by atoms with Gasteiger partial charge in [-0.25, -0.2) is 4.98 Å². The number of fused-ring (bicyclic) bond motifs is 2. The Bertz CT molecular complexity index is 1230. The third-order valence-corrected chi connectivity index (χ3v) is 5.20. The minimum atomic E-state index is 0.185. The van der Waals surface area contributed by atoms with E-state index in [0.717, 1.165) is 34.5 Å². The van der Waals surface area contributed by atoms with E-state index in [2.05, 4.69) is 68.4 Å². The van der Waals surface area contributed by atoms with Crippen molar-refractivity contribution in [3.63, 3.8) is 0 Å². The lowest BCUT2D eigenvalue weighted by Gasteiger charge is -2.13. The van der Waals surface area contributed by atoms with Crippen molar-refractivity contribution in [1.82, 2.24) is 25.1 Å². The Labute approximate surface area is 163 Å². The summed E-state index contributed by atoms with van der Waals surface area (Å²) < 4.78 is 2.12. The Hall–Kier alpha value is -3.44. The molecule has 2 N–H and O–H groups in total. The molecule has 0 fully saturated rings. The van der Waals surface area contributed by atoms with Gasteiger partial charge in [-0.1, -0.05) is 42.5 Å². The molecule has 5 heteroatoms. The molecule has 0 aliphatic carbocycles. The van der Waals surface area contributed by atoms with Crippen LogP contribution in [0.4, 0.5) is 0 Å². The fourth-order valence-corrected chi connectivity index (χ4v) is 3.62. The second-order valence-corrected chi connectivity index (χ2v) is 7.03. The molecule has 2 aromatic heterocycles. The topological polar surface area (TPSA) is 58.5 Å². The normalized spacial score (nSPS) is 12.6. The van der Waals surface area contributed by atoms with Crippen LogP contribution in [-0.4, -0.2) is 19.7 Å². The van der Waals surface area contributed by atoms with Gasteiger partial charge in [0.25, 0.3) is 0 Å². The summed E-state index contributed by atoms with van der Waals surface area (Å²) in [6.07, 6.45) is 1.88. The van der Waals surface area contributed by atoms with Crippen LogP contribution in [0.15, 0.2) is 79.1 Å². The van der Waals surface area contributed by atoms with Crippen LogP contribution < -0.4 is 5.32 Å². The number of aromatic amines is 1. The summed E-state index contributed by atoms with van der Waals surface area (Å²) >= 11 is 0. The maximum absolute atomic E-state index is 4.47. The molecule has 0 saturated carbocycles. The predicted molar refractivity (Wildman–Crippen MR) is 112 cm³/mol. The molecule has 28 heavy (non-hydrogen) atoms. The molecule has 0 radical (unpaired) electrons. The van der Waals surface area contributed by atoms with Gasteiger partial charge in [0.1, 0.15) is 6.33 Å². The van der Waals surface area contributed by atoms with E-state index in [1.165, 1.54) is 10.9 Å². The molecular formula is C23H21N5. The minimum Gasteiger partial charge on any atom is -0.305 e. The summed E-state index contributed by atoms with van der Waals surface area (Å²) in [6.45, 7) is 2.95. The molecule has 0 amide bonds. The van der Waals surface area contributed by atoms with Crippen molar-refractivity contribution in [1.29, 1.82) is 0 Å². The van der Waals surface area contributed by atoms with Crippen molar-refractivity contribution in [2.75, 3.05) is 0 Å². The minimum absolute atomic E-state index is 0.185. The van der Waals surface area contributed by atoms with Crippen LogP contribution in [-0.2, 0) is 6.54 Å². The molecule has 0 spiro atoms. The van der Waals surface area contributed by atoms with Gasteiger partial charge in [0.05, 0.1) is 22.2 Å². The highest BCUT2D eigenvalue weighted by Gasteiger charge is 2.12. The number of hydrogen-bond donors (Lipinski definition) is 2. The molecule has 5 rings (SSSR count). The Balaban J connectivity index is 1.31. The monoisotopic (exact) mass is 367 g/mol. The Morgan fingerprint density at radius 3 is 2.54 bits per heavy atom. The molecule has 1 unspecified atom stereocenters. The number of para-hydroxylation sites is 3. The van der Waals surface area contributed by atoms with Crippen molar-refractivity contribution >= 4 is 21.9 Å². The smallest absolute Gasteiger partial charge is 0.100 e. The number of rotatable bonds is 5. The molecule has 0 bridgehead atoms. The molecule has 0 aliphatic heterocycles. The SMILES string of the molecule is CC(NCc1ccc(-n2cnc3ccccc32)cc1)c1[nH]nc2ccccc12. The average Bonchev–Trinajstić information content (AvgIpc) is 3.37. The van der Waals surface area contributed by atoms with Gasteiger partial charge in [-0.05, 0) is 42.8 Å². The molecule has 5 nitrogen and oxygen atoms in total. The van der Waals surface area contributed by atoms with Gasteiger partial charge >= 0.3 is 0 Å². The van der Waals surface area contributed by atoms with Crippen LogP contribution in [0.3, 0.4) is 0 Å². The molecule has 0 saturated heterocycles. The van der Waals surface area contributed by atoms with Gasteiger partial charge in [0, 0.05) is 23.7 Å². The first-order valence-corrected chi connectivity index (χ1v) is 9.47. The zero-order valence-corrected chi connectivity index (χ0v) is 15.6. The molecule has 5 aromatic rings. The highest BCUT2D eigenvalue weighted by molar-refractivity contribution is 5.81. The predicted octanol–water partition coefficient (Wildman–Crippen LogP) is 4.75. The third-order valence-electron chi connectivity index (χ3n) is 5.20. The first kappa shape index (κ1) is 16.7. The summed E-state index contributed by atoms with van der Waals surface area (Å²) in [4.78, 5) is 4.47. The van der Waals surface area contributed by atoms with Gasteiger partial charge in [0.2, 0.25) is 0 Å².